The molecule has 2 aliphatic carbocycles. The number of imidazole rings is 1. The number of nitrogens with two attached hydrogens (primary N) is 1. The minimum atomic E-state index is -3.27. The van der Waals surface area contributed by atoms with Gasteiger partial charge in [0.2, 0.25) is 5.95 Å². The lowest BCUT2D eigenvalue weighted by Crippen LogP contribution is -2.48. The smallest absolute Gasteiger partial charge is 0.229 e. The third-order valence-corrected chi connectivity index (χ3v) is 9.79. The molecule has 2 aliphatic rings. The molecule has 6 rings (SSSR count). The Bertz CT molecular complexity index is 1630. The highest BCUT2D eigenvalue weighted by atomic mass is 32.2. The van der Waals surface area contributed by atoms with Crippen molar-refractivity contribution < 1.29 is 17.2 Å². The second-order valence-corrected chi connectivity index (χ2v) is 13.2. The van der Waals surface area contributed by atoms with Gasteiger partial charge in [0.25, 0.3) is 0 Å². The van der Waals surface area contributed by atoms with Crippen LogP contribution in [0.1, 0.15) is 55.6 Å². The van der Waals surface area contributed by atoms with Gasteiger partial charge in [-0.2, -0.15) is 9.61 Å². The summed E-state index contributed by atoms with van der Waals surface area (Å²) in [6.07, 6.45) is 9.31. The fraction of sp³-hybridized carbons (Fsp3) is 0.393. The highest BCUT2D eigenvalue weighted by molar-refractivity contribution is 7.91. The summed E-state index contributed by atoms with van der Waals surface area (Å²) in [7, 11) is -3.27. The zero-order valence-corrected chi connectivity index (χ0v) is 22.5. The second-order valence-electron chi connectivity index (χ2n) is 11.0. The lowest BCUT2D eigenvalue weighted by Gasteiger charge is -2.38. The molecule has 3 heterocycles. The van der Waals surface area contributed by atoms with Crippen LogP contribution in [0.25, 0.3) is 16.8 Å². The molecule has 0 aliphatic heterocycles. The van der Waals surface area contributed by atoms with Crippen LogP contribution in [0.5, 0.6) is 0 Å². The number of nitrogens with one attached hydrogen (secondary N) is 1. The van der Waals surface area contributed by atoms with Crippen LogP contribution < -0.4 is 11.1 Å². The van der Waals surface area contributed by atoms with Gasteiger partial charge in [-0.05, 0) is 84.9 Å². The Kier molecular flexibility index (Phi) is 6.38. The lowest BCUT2D eigenvalue weighted by atomic mass is 9.76. The number of halogens is 2. The number of pyridine rings is 1. The van der Waals surface area contributed by atoms with Crippen molar-refractivity contribution in [1.82, 2.24) is 19.6 Å². The molecule has 0 bridgehead atoms. The normalized spacial score (nSPS) is 23.7. The maximum Gasteiger partial charge on any atom is 0.229 e. The summed E-state index contributed by atoms with van der Waals surface area (Å²) >= 11 is 0. The third kappa shape index (κ3) is 4.89. The molecule has 1 aromatic carbocycles. The monoisotopic (exact) mass is 552 g/mol. The van der Waals surface area contributed by atoms with Crippen molar-refractivity contribution >= 4 is 27.0 Å². The Labute approximate surface area is 225 Å². The molecule has 3 N–H and O–H groups in total. The largest absolute Gasteiger partial charge is 0.326 e. The zero-order chi connectivity index (χ0) is 27.5. The number of aromatic nitrogens is 4. The van der Waals surface area contributed by atoms with E-state index in [-0.39, 0.29) is 29.0 Å². The Morgan fingerprint density at radius 3 is 2.46 bits per heavy atom. The van der Waals surface area contributed by atoms with Gasteiger partial charge in [0.05, 0.1) is 40.1 Å². The second kappa shape index (κ2) is 9.63. The summed E-state index contributed by atoms with van der Waals surface area (Å²) < 4.78 is 56.1. The average molecular weight is 553 g/mol. The van der Waals surface area contributed by atoms with Gasteiger partial charge in [-0.25, -0.2) is 22.2 Å². The van der Waals surface area contributed by atoms with Crippen molar-refractivity contribution in [3.05, 3.63) is 71.7 Å². The van der Waals surface area contributed by atoms with Crippen molar-refractivity contribution in [1.29, 1.82) is 0 Å². The molecule has 11 heteroatoms. The number of hydrogen-bond acceptors (Lipinski definition) is 7. The topological polar surface area (TPSA) is 115 Å². The molecule has 2 fully saturated rings. The molecular formula is C28H30F2N6O2S. The average Bonchev–Trinajstić information content (AvgIpc) is 3.65. The third-order valence-electron chi connectivity index (χ3n) is 7.98. The van der Waals surface area contributed by atoms with E-state index in [2.05, 4.69) is 20.4 Å². The molecule has 0 amide bonds. The lowest BCUT2D eigenvalue weighted by molar-refractivity contribution is 0.309. The highest BCUT2D eigenvalue weighted by Gasteiger charge is 2.40. The number of anilines is 2. The molecule has 2 saturated carbocycles. The molecule has 0 unspecified atom stereocenters. The first kappa shape index (κ1) is 25.8. The van der Waals surface area contributed by atoms with Crippen LogP contribution in [0, 0.1) is 17.6 Å². The van der Waals surface area contributed by atoms with Gasteiger partial charge in [-0.15, -0.1) is 0 Å². The van der Waals surface area contributed by atoms with Crippen LogP contribution in [-0.2, 0) is 9.84 Å². The molecule has 3 aromatic heterocycles. The molecular weight excluding hydrogens is 522 g/mol. The number of nitrogens with zero attached hydrogens (tertiary/aromatic N) is 4. The van der Waals surface area contributed by atoms with Crippen molar-refractivity contribution in [3.8, 4) is 11.3 Å². The van der Waals surface area contributed by atoms with Crippen LogP contribution in [0.15, 0.2) is 48.9 Å². The van der Waals surface area contributed by atoms with Crippen molar-refractivity contribution in [2.45, 2.75) is 55.7 Å². The van der Waals surface area contributed by atoms with E-state index in [1.165, 1.54) is 22.9 Å². The van der Waals surface area contributed by atoms with Gasteiger partial charge in [0.15, 0.2) is 9.84 Å². The van der Waals surface area contributed by atoms with E-state index in [0.717, 1.165) is 18.4 Å². The number of benzene rings is 1. The highest BCUT2D eigenvalue weighted by Crippen LogP contribution is 2.43. The summed E-state index contributed by atoms with van der Waals surface area (Å²) in [5, 5.41) is 7.23. The zero-order valence-electron chi connectivity index (χ0n) is 21.7. The van der Waals surface area contributed by atoms with Gasteiger partial charge in [0.1, 0.15) is 11.6 Å². The Balaban J connectivity index is 1.32. The summed E-state index contributed by atoms with van der Waals surface area (Å²) in [5.74, 6) is -0.774. The van der Waals surface area contributed by atoms with Gasteiger partial charge in [-0.3, -0.25) is 4.98 Å². The van der Waals surface area contributed by atoms with E-state index in [0.29, 0.717) is 35.6 Å². The van der Waals surface area contributed by atoms with Crippen LogP contribution in [0.2, 0.25) is 0 Å². The molecule has 39 heavy (non-hydrogen) atoms. The van der Waals surface area contributed by atoms with Crippen molar-refractivity contribution in [2.75, 3.05) is 11.6 Å². The maximum atomic E-state index is 15.0. The van der Waals surface area contributed by atoms with Gasteiger partial charge in [0, 0.05) is 18.5 Å². The van der Waals surface area contributed by atoms with E-state index in [4.69, 9.17) is 5.73 Å². The first-order valence-electron chi connectivity index (χ1n) is 13.1. The summed E-state index contributed by atoms with van der Waals surface area (Å²) in [6.45, 7) is 1.93. The predicted octanol–water partition coefficient (Wildman–Crippen LogP) is 4.94. The van der Waals surface area contributed by atoms with Gasteiger partial charge in [-0.1, -0.05) is 6.92 Å². The molecule has 0 spiro atoms. The molecule has 0 radical (unpaired) electrons. The Morgan fingerprint density at radius 1 is 1.05 bits per heavy atom. The molecule has 0 saturated heterocycles. The molecule has 4 atom stereocenters. The van der Waals surface area contributed by atoms with Crippen LogP contribution in [0.3, 0.4) is 0 Å². The summed E-state index contributed by atoms with van der Waals surface area (Å²) in [6, 6.07) is 7.52. The van der Waals surface area contributed by atoms with E-state index >= 15 is 8.78 Å². The van der Waals surface area contributed by atoms with Crippen molar-refractivity contribution in [3.63, 3.8) is 0 Å². The minimum absolute atomic E-state index is 0.0152. The number of fused-ring (bicyclic) bond motifs is 1. The van der Waals surface area contributed by atoms with E-state index in [1.807, 2.05) is 13.0 Å². The summed E-state index contributed by atoms with van der Waals surface area (Å²) in [5.41, 5.74) is 9.31. The number of sulfone groups is 1. The quantitative estimate of drug-likeness (QED) is 0.348. The SMILES string of the molecule is C[C@H]1C[C@@H](c2ccncc2Nc2ncc3ccc(-c4c(F)cc(C5CC5)cc4F)nn23)C[C@@H](N)[C@@H]1S(C)(=O)=O. The standard InChI is InChI=1S/C28H30F2N6O2S/c1-15-9-18(12-23(31)27(15)39(2,37)38)20-7-8-32-14-25(20)34-28-33-13-19-5-6-24(35-36(19)28)26-21(29)10-17(11-22(26)30)16-3-4-16/h5-8,10-11,13-16,18,23,27H,3-4,9,12,31H2,1-2H3,(H,33,34)/t15-,18+,23+,27+/m0/s1. The van der Waals surface area contributed by atoms with Crippen LogP contribution in [0.4, 0.5) is 20.4 Å². The minimum Gasteiger partial charge on any atom is -0.326 e. The molecule has 8 nitrogen and oxygen atoms in total. The van der Waals surface area contributed by atoms with E-state index in [1.54, 1.807) is 30.7 Å². The van der Waals surface area contributed by atoms with E-state index < -0.39 is 32.8 Å². The Hall–Kier alpha value is -3.44. The fourth-order valence-corrected chi connectivity index (χ4v) is 7.84. The van der Waals surface area contributed by atoms with Gasteiger partial charge >= 0.3 is 0 Å². The first-order chi connectivity index (χ1) is 18.6. The number of hydrogen-bond donors (Lipinski definition) is 2. The molecule has 4 aromatic rings. The molecule has 204 valence electrons. The van der Waals surface area contributed by atoms with Crippen LogP contribution >= 0.6 is 0 Å². The van der Waals surface area contributed by atoms with E-state index in [9.17, 15) is 8.42 Å². The summed E-state index contributed by atoms with van der Waals surface area (Å²) in [4.78, 5) is 8.71. The predicted molar refractivity (Wildman–Crippen MR) is 146 cm³/mol. The fourth-order valence-electron chi connectivity index (χ4n) is 6.13. The maximum absolute atomic E-state index is 15.0. The number of rotatable bonds is 6. The first-order valence-corrected chi connectivity index (χ1v) is 15.0. The van der Waals surface area contributed by atoms with Crippen molar-refractivity contribution in [2.24, 2.45) is 11.7 Å². The van der Waals surface area contributed by atoms with Gasteiger partial charge < -0.3 is 11.1 Å². The van der Waals surface area contributed by atoms with Crippen LogP contribution in [-0.4, -0.2) is 45.5 Å². The Morgan fingerprint density at radius 2 is 1.79 bits per heavy atom.